The van der Waals surface area contributed by atoms with Gasteiger partial charge in [-0.05, 0) is 49.9 Å². The van der Waals surface area contributed by atoms with E-state index >= 15 is 0 Å². The molecule has 1 aliphatic carbocycles. The van der Waals surface area contributed by atoms with Gasteiger partial charge in [0.1, 0.15) is 11.0 Å². The van der Waals surface area contributed by atoms with Gasteiger partial charge in [0, 0.05) is 6.04 Å². The second-order valence-electron chi connectivity index (χ2n) is 6.48. The molecule has 6 heteroatoms. The van der Waals surface area contributed by atoms with Crippen molar-refractivity contribution >= 4 is 17.5 Å². The SMILES string of the molecule is Cc1nn(-c2ccc(F)cc2)c(Cl)c1C(=O)NC1CCCCC1C. The van der Waals surface area contributed by atoms with E-state index in [9.17, 15) is 9.18 Å². The third-order valence-electron chi connectivity index (χ3n) is 4.73. The van der Waals surface area contributed by atoms with Crippen molar-refractivity contribution in [2.45, 2.75) is 45.6 Å². The smallest absolute Gasteiger partial charge is 0.256 e. The maximum absolute atomic E-state index is 13.1. The van der Waals surface area contributed by atoms with Crippen molar-refractivity contribution in [3.05, 3.63) is 46.5 Å². The maximum atomic E-state index is 13.1. The lowest BCUT2D eigenvalue weighted by Gasteiger charge is -2.29. The molecule has 2 atom stereocenters. The molecule has 3 rings (SSSR count). The zero-order valence-electron chi connectivity index (χ0n) is 13.9. The highest BCUT2D eigenvalue weighted by atomic mass is 35.5. The van der Waals surface area contributed by atoms with Gasteiger partial charge in [-0.25, -0.2) is 9.07 Å². The second-order valence-corrected chi connectivity index (χ2v) is 6.84. The van der Waals surface area contributed by atoms with E-state index in [1.165, 1.54) is 23.2 Å². The third-order valence-corrected chi connectivity index (χ3v) is 5.08. The first-order valence-electron chi connectivity index (χ1n) is 8.29. The summed E-state index contributed by atoms with van der Waals surface area (Å²) in [7, 11) is 0. The van der Waals surface area contributed by atoms with Crippen molar-refractivity contribution in [3.63, 3.8) is 0 Å². The molecule has 128 valence electrons. The number of hydrogen-bond donors (Lipinski definition) is 1. The van der Waals surface area contributed by atoms with Gasteiger partial charge in [-0.15, -0.1) is 0 Å². The normalized spacial score (nSPS) is 20.8. The Bertz CT molecular complexity index is 741. The van der Waals surface area contributed by atoms with Crippen LogP contribution in [0.25, 0.3) is 5.69 Å². The van der Waals surface area contributed by atoms with E-state index in [1.807, 2.05) is 0 Å². The summed E-state index contributed by atoms with van der Waals surface area (Å²) < 4.78 is 14.6. The van der Waals surface area contributed by atoms with Crippen LogP contribution in [0.4, 0.5) is 4.39 Å². The minimum Gasteiger partial charge on any atom is -0.349 e. The predicted molar refractivity (Wildman–Crippen MR) is 92.2 cm³/mol. The first-order chi connectivity index (χ1) is 11.5. The standard InChI is InChI=1S/C18H21ClFN3O/c1-11-5-3-4-6-15(11)21-18(24)16-12(2)22-23(17(16)19)14-9-7-13(20)8-10-14/h7-11,15H,3-6H2,1-2H3,(H,21,24). The molecular weight excluding hydrogens is 329 g/mol. The molecule has 0 radical (unpaired) electrons. The van der Waals surface area contributed by atoms with Crippen molar-refractivity contribution in [1.29, 1.82) is 0 Å². The van der Waals surface area contributed by atoms with Gasteiger partial charge >= 0.3 is 0 Å². The number of rotatable bonds is 3. The van der Waals surface area contributed by atoms with Gasteiger partial charge in [-0.1, -0.05) is 31.4 Å². The Kier molecular flexibility index (Phi) is 4.90. The first kappa shape index (κ1) is 17.0. The lowest BCUT2D eigenvalue weighted by molar-refractivity contribution is 0.0910. The summed E-state index contributed by atoms with van der Waals surface area (Å²) in [5.41, 5.74) is 1.57. The number of amides is 1. The molecule has 1 aliphatic rings. The molecule has 1 N–H and O–H groups in total. The fourth-order valence-corrected chi connectivity index (χ4v) is 3.64. The van der Waals surface area contributed by atoms with Crippen molar-refractivity contribution in [3.8, 4) is 5.69 Å². The number of benzene rings is 1. The summed E-state index contributed by atoms with van der Waals surface area (Å²) in [4.78, 5) is 12.7. The lowest BCUT2D eigenvalue weighted by atomic mass is 9.86. The van der Waals surface area contributed by atoms with Gasteiger partial charge in [0.05, 0.1) is 16.9 Å². The Morgan fingerprint density at radius 1 is 1.29 bits per heavy atom. The van der Waals surface area contributed by atoms with E-state index in [0.29, 0.717) is 22.9 Å². The van der Waals surface area contributed by atoms with E-state index in [-0.39, 0.29) is 22.9 Å². The lowest BCUT2D eigenvalue weighted by Crippen LogP contribution is -2.41. The van der Waals surface area contributed by atoms with Crippen LogP contribution in [-0.4, -0.2) is 21.7 Å². The van der Waals surface area contributed by atoms with Crippen LogP contribution in [-0.2, 0) is 0 Å². The van der Waals surface area contributed by atoms with Gasteiger partial charge in [0.15, 0.2) is 0 Å². The predicted octanol–water partition coefficient (Wildman–Crippen LogP) is 4.28. The molecule has 0 spiro atoms. The fraction of sp³-hybridized carbons (Fsp3) is 0.444. The molecule has 0 aliphatic heterocycles. The van der Waals surface area contributed by atoms with Crippen molar-refractivity contribution in [1.82, 2.24) is 15.1 Å². The zero-order valence-corrected chi connectivity index (χ0v) is 14.6. The Morgan fingerprint density at radius 2 is 1.96 bits per heavy atom. The van der Waals surface area contributed by atoms with Crippen LogP contribution in [0.3, 0.4) is 0 Å². The van der Waals surface area contributed by atoms with Gasteiger partial charge in [-0.2, -0.15) is 5.10 Å². The molecule has 1 saturated carbocycles. The monoisotopic (exact) mass is 349 g/mol. The minimum atomic E-state index is -0.331. The molecule has 1 fully saturated rings. The molecule has 1 amide bonds. The van der Waals surface area contributed by atoms with Gasteiger partial charge in [0.2, 0.25) is 0 Å². The van der Waals surface area contributed by atoms with Crippen LogP contribution in [0.15, 0.2) is 24.3 Å². The van der Waals surface area contributed by atoms with Crippen LogP contribution >= 0.6 is 11.6 Å². The zero-order chi connectivity index (χ0) is 17.3. The van der Waals surface area contributed by atoms with Crippen LogP contribution in [0.2, 0.25) is 5.15 Å². The molecule has 1 aromatic carbocycles. The van der Waals surface area contributed by atoms with Gasteiger partial charge in [-0.3, -0.25) is 4.79 Å². The highest BCUT2D eigenvalue weighted by Gasteiger charge is 2.27. The number of nitrogens with one attached hydrogen (secondary N) is 1. The first-order valence-corrected chi connectivity index (χ1v) is 8.67. The van der Waals surface area contributed by atoms with Crippen LogP contribution in [0, 0.1) is 18.7 Å². The fourth-order valence-electron chi connectivity index (χ4n) is 3.28. The van der Waals surface area contributed by atoms with Gasteiger partial charge < -0.3 is 5.32 Å². The summed E-state index contributed by atoms with van der Waals surface area (Å²) in [6, 6.07) is 6.02. The largest absolute Gasteiger partial charge is 0.349 e. The molecule has 0 saturated heterocycles. The summed E-state index contributed by atoms with van der Waals surface area (Å²) in [5, 5.41) is 7.70. The highest BCUT2D eigenvalue weighted by molar-refractivity contribution is 6.33. The third kappa shape index (κ3) is 3.31. The Balaban J connectivity index is 1.85. The quantitative estimate of drug-likeness (QED) is 0.898. The van der Waals surface area contributed by atoms with E-state index < -0.39 is 0 Å². The summed E-state index contributed by atoms with van der Waals surface area (Å²) in [5.74, 6) is -0.0541. The molecule has 2 unspecified atom stereocenters. The molecule has 4 nitrogen and oxygen atoms in total. The molecule has 2 aromatic rings. The average molecular weight is 350 g/mol. The Hall–Kier alpha value is -1.88. The molecule has 0 bridgehead atoms. The molecular formula is C18H21ClFN3O. The van der Waals surface area contributed by atoms with Crippen molar-refractivity contribution < 1.29 is 9.18 Å². The number of nitrogens with zero attached hydrogens (tertiary/aromatic N) is 2. The Morgan fingerprint density at radius 3 is 2.62 bits per heavy atom. The van der Waals surface area contributed by atoms with Crippen molar-refractivity contribution in [2.75, 3.05) is 0 Å². The van der Waals surface area contributed by atoms with Crippen molar-refractivity contribution in [2.24, 2.45) is 5.92 Å². The second kappa shape index (κ2) is 6.93. The van der Waals surface area contributed by atoms with E-state index in [4.69, 9.17) is 11.6 Å². The van der Waals surface area contributed by atoms with Crippen LogP contribution < -0.4 is 5.32 Å². The van der Waals surface area contributed by atoms with Crippen LogP contribution in [0.1, 0.15) is 48.7 Å². The van der Waals surface area contributed by atoms with Gasteiger partial charge in [0.25, 0.3) is 5.91 Å². The van der Waals surface area contributed by atoms with E-state index in [1.54, 1.807) is 19.1 Å². The number of aromatic nitrogens is 2. The minimum absolute atomic E-state index is 0.177. The average Bonchev–Trinajstić information content (AvgIpc) is 2.85. The number of halogens is 2. The summed E-state index contributed by atoms with van der Waals surface area (Å²) in [6.45, 7) is 3.92. The molecule has 1 aromatic heterocycles. The van der Waals surface area contributed by atoms with E-state index in [0.717, 1.165) is 19.3 Å². The number of carbonyl (C=O) groups is 1. The number of hydrogen-bond acceptors (Lipinski definition) is 2. The number of aryl methyl sites for hydroxylation is 1. The highest BCUT2D eigenvalue weighted by Crippen LogP contribution is 2.27. The maximum Gasteiger partial charge on any atom is 0.256 e. The number of carbonyl (C=O) groups excluding carboxylic acids is 1. The molecule has 1 heterocycles. The van der Waals surface area contributed by atoms with E-state index in [2.05, 4.69) is 17.3 Å². The summed E-state index contributed by atoms with van der Waals surface area (Å²) in [6.07, 6.45) is 4.48. The van der Waals surface area contributed by atoms with Crippen LogP contribution in [0.5, 0.6) is 0 Å². The topological polar surface area (TPSA) is 46.9 Å². The molecule has 24 heavy (non-hydrogen) atoms. The Labute approximate surface area is 146 Å². The summed E-state index contributed by atoms with van der Waals surface area (Å²) >= 11 is 6.40.